The van der Waals surface area contributed by atoms with Gasteiger partial charge in [-0.25, -0.2) is 0 Å². The molecule has 0 aliphatic rings. The van der Waals surface area contributed by atoms with Crippen molar-refractivity contribution in [3.05, 3.63) is 138 Å². The lowest BCUT2D eigenvalue weighted by Gasteiger charge is -2.18. The van der Waals surface area contributed by atoms with Crippen molar-refractivity contribution in [1.82, 2.24) is 0 Å². The molecular formula is C28H24O2. The van der Waals surface area contributed by atoms with Gasteiger partial charge in [-0.2, -0.15) is 0 Å². The molecule has 0 atom stereocenters. The van der Waals surface area contributed by atoms with Crippen molar-refractivity contribution in [1.29, 1.82) is 0 Å². The van der Waals surface area contributed by atoms with Crippen LogP contribution in [0, 0.1) is 0 Å². The Morgan fingerprint density at radius 3 is 1.23 bits per heavy atom. The number of hydrogen-bond acceptors (Lipinski definition) is 2. The van der Waals surface area contributed by atoms with E-state index in [2.05, 4.69) is 84.9 Å². The predicted molar refractivity (Wildman–Crippen MR) is 123 cm³/mol. The fourth-order valence-corrected chi connectivity index (χ4v) is 3.61. The summed E-state index contributed by atoms with van der Waals surface area (Å²) < 4.78 is 5.56. The van der Waals surface area contributed by atoms with E-state index in [9.17, 15) is 0 Å². The zero-order chi connectivity index (χ0) is 20.6. The van der Waals surface area contributed by atoms with Crippen LogP contribution in [0.15, 0.2) is 115 Å². The fourth-order valence-electron chi connectivity index (χ4n) is 3.61. The van der Waals surface area contributed by atoms with Crippen LogP contribution in [-0.4, -0.2) is 18.3 Å². The molecule has 0 spiro atoms. The molecular weight excluding hydrogens is 368 g/mol. The maximum atomic E-state index is 9.01. The van der Waals surface area contributed by atoms with E-state index in [1.165, 1.54) is 22.3 Å². The summed E-state index contributed by atoms with van der Waals surface area (Å²) >= 11 is 0. The van der Waals surface area contributed by atoms with Crippen LogP contribution in [0.4, 0.5) is 0 Å². The molecule has 0 unspecified atom stereocenters. The van der Waals surface area contributed by atoms with Gasteiger partial charge in [0, 0.05) is 0 Å². The Morgan fingerprint density at radius 1 is 0.500 bits per heavy atom. The average molecular weight is 392 g/mol. The maximum absolute atomic E-state index is 9.01. The number of benzene rings is 4. The molecule has 0 aliphatic carbocycles. The lowest BCUT2D eigenvalue weighted by atomic mass is 9.86. The number of ether oxygens (including phenoxy) is 1. The van der Waals surface area contributed by atoms with E-state index in [1.54, 1.807) is 0 Å². The molecule has 4 rings (SSSR count). The predicted octanol–water partition coefficient (Wildman–Crippen LogP) is 6.07. The third kappa shape index (κ3) is 4.51. The largest absolute Gasteiger partial charge is 0.491 e. The topological polar surface area (TPSA) is 29.5 Å². The molecule has 0 amide bonds. The average Bonchev–Trinajstić information content (AvgIpc) is 2.83. The van der Waals surface area contributed by atoms with E-state index in [1.807, 2.05) is 30.3 Å². The Morgan fingerprint density at radius 2 is 0.867 bits per heavy atom. The molecule has 4 aromatic carbocycles. The Labute approximate surface area is 177 Å². The lowest BCUT2D eigenvalue weighted by Crippen LogP contribution is -2.02. The molecule has 0 radical (unpaired) electrons. The summed E-state index contributed by atoms with van der Waals surface area (Å²) in [6, 6.07) is 39.6. The molecule has 4 aromatic rings. The molecule has 148 valence electrons. The summed E-state index contributed by atoms with van der Waals surface area (Å²) in [5.74, 6) is 0.751. The first-order valence-electron chi connectivity index (χ1n) is 10.1. The normalized spacial score (nSPS) is 10.4. The molecule has 0 heterocycles. The summed E-state index contributed by atoms with van der Waals surface area (Å²) in [4.78, 5) is 0. The van der Waals surface area contributed by atoms with E-state index < -0.39 is 0 Å². The van der Waals surface area contributed by atoms with Crippen LogP contribution < -0.4 is 4.74 Å². The maximum Gasteiger partial charge on any atom is 0.119 e. The van der Waals surface area contributed by atoms with Crippen molar-refractivity contribution >= 4 is 11.1 Å². The highest BCUT2D eigenvalue weighted by atomic mass is 16.5. The van der Waals surface area contributed by atoms with Crippen LogP contribution in [-0.2, 0) is 0 Å². The third-order valence-corrected chi connectivity index (χ3v) is 4.94. The Kier molecular flexibility index (Phi) is 6.38. The molecule has 2 nitrogen and oxygen atoms in total. The van der Waals surface area contributed by atoms with Crippen LogP contribution in [0.5, 0.6) is 5.75 Å². The van der Waals surface area contributed by atoms with Crippen molar-refractivity contribution in [2.75, 3.05) is 13.2 Å². The van der Waals surface area contributed by atoms with Gasteiger partial charge < -0.3 is 9.84 Å². The minimum Gasteiger partial charge on any atom is -0.491 e. The second kappa shape index (κ2) is 9.73. The highest BCUT2D eigenvalue weighted by Crippen LogP contribution is 2.37. The molecule has 0 aliphatic heterocycles. The highest BCUT2D eigenvalue weighted by Gasteiger charge is 2.16. The molecule has 2 heteroatoms. The van der Waals surface area contributed by atoms with E-state index in [0.29, 0.717) is 6.61 Å². The first-order valence-corrected chi connectivity index (χ1v) is 10.1. The van der Waals surface area contributed by atoms with Gasteiger partial charge in [0.2, 0.25) is 0 Å². The Hall–Kier alpha value is -3.62. The number of rotatable bonds is 7. The van der Waals surface area contributed by atoms with Crippen LogP contribution >= 0.6 is 0 Å². The van der Waals surface area contributed by atoms with Crippen molar-refractivity contribution in [2.45, 2.75) is 0 Å². The molecule has 0 fully saturated rings. The van der Waals surface area contributed by atoms with Gasteiger partial charge in [-0.1, -0.05) is 103 Å². The SMILES string of the molecule is OCCOc1ccc(C(=C(c2ccccc2)c2ccccc2)c2ccccc2)cc1. The second-order valence-electron chi connectivity index (χ2n) is 6.94. The van der Waals surface area contributed by atoms with Crippen molar-refractivity contribution < 1.29 is 9.84 Å². The van der Waals surface area contributed by atoms with E-state index >= 15 is 0 Å². The van der Waals surface area contributed by atoms with Gasteiger partial charge >= 0.3 is 0 Å². The van der Waals surface area contributed by atoms with Gasteiger partial charge in [0.15, 0.2) is 0 Å². The van der Waals surface area contributed by atoms with Gasteiger partial charge in [0.05, 0.1) is 6.61 Å². The zero-order valence-corrected chi connectivity index (χ0v) is 16.7. The molecule has 0 saturated carbocycles. The first-order chi connectivity index (χ1) is 14.9. The summed E-state index contributed by atoms with van der Waals surface area (Å²) in [5, 5.41) is 9.01. The Balaban J connectivity index is 1.96. The quantitative estimate of drug-likeness (QED) is 0.387. The van der Waals surface area contributed by atoms with E-state index in [4.69, 9.17) is 9.84 Å². The minimum atomic E-state index is 0.00306. The zero-order valence-electron chi connectivity index (χ0n) is 16.7. The Bertz CT molecular complexity index is 1040. The van der Waals surface area contributed by atoms with Gasteiger partial charge in [-0.05, 0) is 45.5 Å². The van der Waals surface area contributed by atoms with Gasteiger partial charge in [-0.3, -0.25) is 0 Å². The first kappa shape index (κ1) is 19.7. The summed E-state index contributed by atoms with van der Waals surface area (Å²) in [6.45, 7) is 0.295. The molecule has 30 heavy (non-hydrogen) atoms. The summed E-state index contributed by atoms with van der Waals surface area (Å²) in [6.07, 6.45) is 0. The van der Waals surface area contributed by atoms with Crippen molar-refractivity contribution in [2.24, 2.45) is 0 Å². The van der Waals surface area contributed by atoms with Crippen molar-refractivity contribution in [3.63, 3.8) is 0 Å². The monoisotopic (exact) mass is 392 g/mol. The third-order valence-electron chi connectivity index (χ3n) is 4.94. The molecule has 0 bridgehead atoms. The van der Waals surface area contributed by atoms with Crippen LogP contribution in [0.3, 0.4) is 0 Å². The lowest BCUT2D eigenvalue weighted by molar-refractivity contribution is 0.201. The standard InChI is InChI=1S/C28H24O2/c29-20-21-30-26-18-16-25(17-19-26)28(24-14-8-3-9-15-24)27(22-10-4-1-5-11-22)23-12-6-2-7-13-23/h1-19,29H,20-21H2. The molecule has 1 N–H and O–H groups in total. The van der Waals surface area contributed by atoms with Gasteiger partial charge in [0.1, 0.15) is 12.4 Å². The summed E-state index contributed by atoms with van der Waals surface area (Å²) in [7, 11) is 0. The fraction of sp³-hybridized carbons (Fsp3) is 0.0714. The van der Waals surface area contributed by atoms with Crippen LogP contribution in [0.25, 0.3) is 11.1 Å². The number of aliphatic hydroxyl groups is 1. The van der Waals surface area contributed by atoms with Gasteiger partial charge in [0.25, 0.3) is 0 Å². The molecule has 0 saturated heterocycles. The van der Waals surface area contributed by atoms with E-state index in [-0.39, 0.29) is 6.61 Å². The second-order valence-corrected chi connectivity index (χ2v) is 6.94. The van der Waals surface area contributed by atoms with Crippen LogP contribution in [0.2, 0.25) is 0 Å². The summed E-state index contributed by atoms with van der Waals surface area (Å²) in [5.41, 5.74) is 6.96. The minimum absolute atomic E-state index is 0.00306. The highest BCUT2D eigenvalue weighted by molar-refractivity contribution is 6.04. The van der Waals surface area contributed by atoms with Crippen molar-refractivity contribution in [3.8, 4) is 5.75 Å². The van der Waals surface area contributed by atoms with E-state index in [0.717, 1.165) is 16.9 Å². The molecule has 0 aromatic heterocycles. The number of hydrogen-bond donors (Lipinski definition) is 1. The number of aliphatic hydroxyl groups excluding tert-OH is 1. The smallest absolute Gasteiger partial charge is 0.119 e. The van der Waals surface area contributed by atoms with Crippen LogP contribution in [0.1, 0.15) is 22.3 Å². The van der Waals surface area contributed by atoms with Gasteiger partial charge in [-0.15, -0.1) is 0 Å².